The number of halogens is 1. The van der Waals surface area contributed by atoms with Crippen molar-refractivity contribution in [2.75, 3.05) is 0 Å². The summed E-state index contributed by atoms with van der Waals surface area (Å²) in [5, 5.41) is 0.507. The predicted molar refractivity (Wildman–Crippen MR) is 47.5 cm³/mol. The van der Waals surface area contributed by atoms with Crippen molar-refractivity contribution in [1.29, 1.82) is 0 Å². The van der Waals surface area contributed by atoms with E-state index in [1.165, 1.54) is 0 Å². The van der Waals surface area contributed by atoms with Gasteiger partial charge in [0.15, 0.2) is 0 Å². The van der Waals surface area contributed by atoms with Crippen LogP contribution in [0.5, 0.6) is 0 Å². The largest absolute Gasteiger partial charge is 0.266 e. The Morgan fingerprint density at radius 1 is 1.70 bits per heavy atom. The minimum atomic E-state index is 0.507. The smallest absolute Gasteiger partial charge is 0.0349 e. The molecule has 0 fully saturated rings. The van der Waals surface area contributed by atoms with Gasteiger partial charge in [0.25, 0.3) is 0 Å². The molecule has 0 atom stereocenters. The van der Waals surface area contributed by atoms with Crippen LogP contribution in [0.2, 0.25) is 0 Å². The standard InChI is InChI=1S/C8H12ClN/c1-4-8(3)10-6-5-7(2)9/h5-6H,2,4H2,1,3H3. The van der Waals surface area contributed by atoms with Gasteiger partial charge in [-0.1, -0.05) is 25.1 Å². The van der Waals surface area contributed by atoms with Crippen molar-refractivity contribution in [1.82, 2.24) is 0 Å². The fourth-order valence-corrected chi connectivity index (χ4v) is 0.393. The monoisotopic (exact) mass is 157 g/mol. The molecule has 0 saturated heterocycles. The van der Waals surface area contributed by atoms with E-state index < -0.39 is 0 Å². The van der Waals surface area contributed by atoms with Crippen LogP contribution in [-0.2, 0) is 0 Å². The highest BCUT2D eigenvalue weighted by Gasteiger charge is 1.79. The van der Waals surface area contributed by atoms with Crippen molar-refractivity contribution < 1.29 is 0 Å². The molecule has 0 spiro atoms. The first-order valence-electron chi connectivity index (χ1n) is 3.21. The molecule has 0 aromatic carbocycles. The summed E-state index contributed by atoms with van der Waals surface area (Å²) in [7, 11) is 0. The summed E-state index contributed by atoms with van der Waals surface area (Å²) >= 11 is 5.45. The maximum atomic E-state index is 5.45. The molecule has 0 unspecified atom stereocenters. The first-order valence-corrected chi connectivity index (χ1v) is 3.58. The zero-order chi connectivity index (χ0) is 7.98. The predicted octanol–water partition coefficient (Wildman–Crippen LogP) is 3.12. The van der Waals surface area contributed by atoms with Gasteiger partial charge in [-0.2, -0.15) is 0 Å². The molecule has 1 nitrogen and oxygen atoms in total. The molecule has 0 radical (unpaired) electrons. The zero-order valence-electron chi connectivity index (χ0n) is 6.39. The minimum Gasteiger partial charge on any atom is -0.266 e. The molecule has 0 rings (SSSR count). The lowest BCUT2D eigenvalue weighted by molar-refractivity contribution is 1.25. The minimum absolute atomic E-state index is 0.507. The molecule has 0 aliphatic rings. The Hall–Kier alpha value is -0.560. The quantitative estimate of drug-likeness (QED) is 0.441. The van der Waals surface area contributed by atoms with E-state index in [0.29, 0.717) is 5.03 Å². The Morgan fingerprint density at radius 3 is 2.70 bits per heavy atom. The Bertz CT molecular complexity index is 168. The molecule has 0 aromatic rings. The molecule has 0 heterocycles. The van der Waals surface area contributed by atoms with Crippen LogP contribution in [0.25, 0.3) is 0 Å². The number of allylic oxidation sites excluding steroid dienone is 2. The third-order valence-electron chi connectivity index (χ3n) is 1.06. The molecular weight excluding hydrogens is 146 g/mol. The highest BCUT2D eigenvalue weighted by atomic mass is 35.5. The molecular formula is C8H12ClN. The number of rotatable bonds is 3. The summed E-state index contributed by atoms with van der Waals surface area (Å²) in [6.45, 7) is 7.52. The van der Waals surface area contributed by atoms with E-state index in [2.05, 4.69) is 18.5 Å². The number of hydrogen-bond acceptors (Lipinski definition) is 1. The summed E-state index contributed by atoms with van der Waals surface area (Å²) in [5.74, 6) is 0. The van der Waals surface area contributed by atoms with Gasteiger partial charge >= 0.3 is 0 Å². The molecule has 0 aromatic heterocycles. The molecule has 0 N–H and O–H groups in total. The van der Waals surface area contributed by atoms with Crippen LogP contribution in [0.4, 0.5) is 0 Å². The third-order valence-corrected chi connectivity index (χ3v) is 1.19. The van der Waals surface area contributed by atoms with Crippen LogP contribution in [0, 0.1) is 0 Å². The zero-order valence-corrected chi connectivity index (χ0v) is 7.15. The average Bonchev–Trinajstić information content (AvgIpc) is 1.87. The van der Waals surface area contributed by atoms with Crippen LogP contribution in [0.1, 0.15) is 20.3 Å². The molecule has 0 saturated carbocycles. The Labute approximate surface area is 67.1 Å². The molecule has 2 heteroatoms. The maximum Gasteiger partial charge on any atom is 0.0349 e. The van der Waals surface area contributed by atoms with Gasteiger partial charge in [0, 0.05) is 16.9 Å². The van der Waals surface area contributed by atoms with Crippen LogP contribution >= 0.6 is 11.6 Å². The van der Waals surface area contributed by atoms with Gasteiger partial charge in [-0.25, -0.2) is 0 Å². The van der Waals surface area contributed by atoms with Crippen molar-refractivity contribution in [3.63, 3.8) is 0 Å². The van der Waals surface area contributed by atoms with E-state index in [0.717, 1.165) is 12.1 Å². The number of hydrogen-bond donors (Lipinski definition) is 0. The Morgan fingerprint density at radius 2 is 2.30 bits per heavy atom. The van der Waals surface area contributed by atoms with Gasteiger partial charge in [-0.15, -0.1) is 0 Å². The van der Waals surface area contributed by atoms with E-state index in [-0.39, 0.29) is 0 Å². The van der Waals surface area contributed by atoms with E-state index in [4.69, 9.17) is 11.6 Å². The second-order valence-electron chi connectivity index (χ2n) is 1.98. The SMILES string of the molecule is C=C(Cl)C=CN=C(C)CC. The number of aliphatic imine (C=N–C) groups is 1. The van der Waals surface area contributed by atoms with Crippen molar-refractivity contribution in [2.24, 2.45) is 4.99 Å². The number of nitrogens with zero attached hydrogens (tertiary/aromatic N) is 1. The lowest BCUT2D eigenvalue weighted by atomic mass is 10.3. The summed E-state index contributed by atoms with van der Waals surface area (Å²) in [5.41, 5.74) is 1.09. The lowest BCUT2D eigenvalue weighted by Gasteiger charge is -1.87. The van der Waals surface area contributed by atoms with Gasteiger partial charge in [0.1, 0.15) is 0 Å². The van der Waals surface area contributed by atoms with Crippen molar-refractivity contribution in [3.8, 4) is 0 Å². The highest BCUT2D eigenvalue weighted by molar-refractivity contribution is 6.30. The molecule has 0 bridgehead atoms. The van der Waals surface area contributed by atoms with Crippen LogP contribution in [0.15, 0.2) is 28.9 Å². The van der Waals surface area contributed by atoms with Gasteiger partial charge in [-0.05, 0) is 19.4 Å². The van der Waals surface area contributed by atoms with Crippen LogP contribution in [0.3, 0.4) is 0 Å². The fourth-order valence-electron chi connectivity index (χ4n) is 0.337. The molecule has 10 heavy (non-hydrogen) atoms. The topological polar surface area (TPSA) is 12.4 Å². The average molecular weight is 158 g/mol. The van der Waals surface area contributed by atoms with Crippen LogP contribution in [-0.4, -0.2) is 5.71 Å². The molecule has 0 aliphatic carbocycles. The summed E-state index contributed by atoms with van der Waals surface area (Å²) in [6.07, 6.45) is 4.30. The third kappa shape index (κ3) is 5.57. The van der Waals surface area contributed by atoms with Crippen molar-refractivity contribution in [2.45, 2.75) is 20.3 Å². The van der Waals surface area contributed by atoms with Crippen molar-refractivity contribution >= 4 is 17.3 Å². The molecule has 0 amide bonds. The first kappa shape index (κ1) is 9.44. The lowest BCUT2D eigenvalue weighted by Crippen LogP contribution is -1.83. The second-order valence-corrected chi connectivity index (χ2v) is 2.47. The van der Waals surface area contributed by atoms with Gasteiger partial charge < -0.3 is 0 Å². The summed E-state index contributed by atoms with van der Waals surface area (Å²) in [4.78, 5) is 4.07. The van der Waals surface area contributed by atoms with E-state index in [1.807, 2.05) is 6.92 Å². The van der Waals surface area contributed by atoms with Crippen molar-refractivity contribution in [3.05, 3.63) is 23.9 Å². The van der Waals surface area contributed by atoms with E-state index in [9.17, 15) is 0 Å². The maximum absolute atomic E-state index is 5.45. The molecule has 0 aliphatic heterocycles. The highest BCUT2D eigenvalue weighted by Crippen LogP contribution is 1.97. The van der Waals surface area contributed by atoms with E-state index in [1.54, 1.807) is 12.3 Å². The van der Waals surface area contributed by atoms with Crippen LogP contribution < -0.4 is 0 Å². The van der Waals surface area contributed by atoms with Gasteiger partial charge in [0.2, 0.25) is 0 Å². The Kier molecular flexibility index (Phi) is 4.95. The normalized spacial score (nSPS) is 12.5. The fraction of sp³-hybridized carbons (Fsp3) is 0.375. The Balaban J connectivity index is 3.82. The van der Waals surface area contributed by atoms with E-state index >= 15 is 0 Å². The van der Waals surface area contributed by atoms with Gasteiger partial charge in [-0.3, -0.25) is 4.99 Å². The van der Waals surface area contributed by atoms with Gasteiger partial charge in [0.05, 0.1) is 0 Å². The summed E-state index contributed by atoms with van der Waals surface area (Å²) in [6, 6.07) is 0. The second kappa shape index (κ2) is 5.24. The molecule has 56 valence electrons. The first-order chi connectivity index (χ1) is 4.66. The summed E-state index contributed by atoms with van der Waals surface area (Å²) < 4.78 is 0.